The van der Waals surface area contributed by atoms with Gasteiger partial charge in [0.2, 0.25) is 5.91 Å². The number of hydrogen-bond donors (Lipinski definition) is 1. The number of carbonyl (C=O) groups excluding carboxylic acids is 1. The number of likely N-dealkylation sites (tertiary alicyclic amines) is 1. The number of piperidine rings is 1. The number of nitrogens with zero attached hydrogens (tertiary/aromatic N) is 1. The Kier molecular flexibility index (Phi) is 6.24. The normalized spacial score (nSPS) is 16.9. The van der Waals surface area contributed by atoms with Crippen molar-refractivity contribution in [3.8, 4) is 0 Å². The van der Waals surface area contributed by atoms with Gasteiger partial charge in [0, 0.05) is 13.0 Å². The van der Waals surface area contributed by atoms with Crippen molar-refractivity contribution in [3.05, 3.63) is 35.6 Å². The Morgan fingerprint density at radius 2 is 1.86 bits per heavy atom. The quantitative estimate of drug-likeness (QED) is 0.876. The lowest BCUT2D eigenvalue weighted by molar-refractivity contribution is -0.123. The largest absolute Gasteiger partial charge is 0.350 e. The van der Waals surface area contributed by atoms with Crippen LogP contribution in [0.1, 0.15) is 24.8 Å². The molecule has 6 heteroatoms. The highest BCUT2D eigenvalue weighted by Gasteiger charge is 2.21. The van der Waals surface area contributed by atoms with Crippen LogP contribution >= 0.6 is 0 Å². The summed E-state index contributed by atoms with van der Waals surface area (Å²) in [5.74, 6) is -0.281. The Morgan fingerprint density at radius 3 is 2.45 bits per heavy atom. The first-order chi connectivity index (χ1) is 10.5. The van der Waals surface area contributed by atoms with Crippen LogP contribution in [0.2, 0.25) is 0 Å². The summed E-state index contributed by atoms with van der Waals surface area (Å²) in [6.07, 6.45) is -0.425. The van der Waals surface area contributed by atoms with E-state index < -0.39 is 13.0 Å². The molecule has 0 aromatic heterocycles. The van der Waals surface area contributed by atoms with Gasteiger partial charge in [-0.25, -0.2) is 13.2 Å². The number of carbonyl (C=O) groups is 1. The highest BCUT2D eigenvalue weighted by Crippen LogP contribution is 2.21. The van der Waals surface area contributed by atoms with E-state index in [1.54, 1.807) is 12.1 Å². The van der Waals surface area contributed by atoms with Crippen LogP contribution in [0.3, 0.4) is 0 Å². The van der Waals surface area contributed by atoms with Crippen LogP contribution in [0, 0.1) is 11.7 Å². The van der Waals surface area contributed by atoms with E-state index in [0.717, 1.165) is 38.0 Å². The van der Waals surface area contributed by atoms with Crippen LogP contribution in [0.15, 0.2) is 24.3 Å². The molecular formula is C16H21F3N2O. The van der Waals surface area contributed by atoms with Crippen molar-refractivity contribution < 1.29 is 18.0 Å². The molecule has 1 fully saturated rings. The summed E-state index contributed by atoms with van der Waals surface area (Å²) >= 11 is 0. The fourth-order valence-corrected chi connectivity index (χ4v) is 2.72. The average molecular weight is 314 g/mol. The molecule has 2 rings (SSSR count). The Bertz CT molecular complexity index is 471. The van der Waals surface area contributed by atoms with E-state index >= 15 is 0 Å². The fourth-order valence-electron chi connectivity index (χ4n) is 2.72. The van der Waals surface area contributed by atoms with Gasteiger partial charge in [0.05, 0.1) is 6.54 Å². The van der Waals surface area contributed by atoms with E-state index in [1.807, 2.05) is 0 Å². The SMILES string of the molecule is O=C(CC1CCN(Cc2ccc(F)cc2)CC1)NCC(F)F. The molecule has 1 aromatic carbocycles. The van der Waals surface area contributed by atoms with Crippen LogP contribution in [0.5, 0.6) is 0 Å². The molecule has 0 saturated carbocycles. The van der Waals surface area contributed by atoms with E-state index in [2.05, 4.69) is 10.2 Å². The first-order valence-corrected chi connectivity index (χ1v) is 7.54. The van der Waals surface area contributed by atoms with Crippen molar-refractivity contribution in [1.29, 1.82) is 0 Å². The molecule has 0 bridgehead atoms. The molecule has 22 heavy (non-hydrogen) atoms. The van der Waals surface area contributed by atoms with Gasteiger partial charge in [-0.2, -0.15) is 0 Å². The van der Waals surface area contributed by atoms with Crippen LogP contribution < -0.4 is 5.32 Å². The molecule has 122 valence electrons. The van der Waals surface area contributed by atoms with Crippen molar-refractivity contribution in [3.63, 3.8) is 0 Å². The Hall–Kier alpha value is -1.56. The third-order valence-corrected chi connectivity index (χ3v) is 3.95. The van der Waals surface area contributed by atoms with Crippen molar-refractivity contribution in [2.24, 2.45) is 5.92 Å². The minimum absolute atomic E-state index is 0.239. The summed E-state index contributed by atoms with van der Waals surface area (Å²) in [5.41, 5.74) is 1.06. The van der Waals surface area contributed by atoms with Crippen LogP contribution in [0.4, 0.5) is 13.2 Å². The summed E-state index contributed by atoms with van der Waals surface area (Å²) in [6, 6.07) is 6.46. The Morgan fingerprint density at radius 1 is 1.23 bits per heavy atom. The van der Waals surface area contributed by atoms with Gasteiger partial charge in [0.15, 0.2) is 0 Å². The second kappa shape index (κ2) is 8.17. The zero-order valence-corrected chi connectivity index (χ0v) is 12.4. The molecule has 0 radical (unpaired) electrons. The van der Waals surface area contributed by atoms with Crippen LogP contribution in [-0.4, -0.2) is 36.9 Å². The molecule has 1 aliphatic heterocycles. The fraction of sp³-hybridized carbons (Fsp3) is 0.562. The van der Waals surface area contributed by atoms with E-state index in [1.165, 1.54) is 12.1 Å². The molecule has 1 heterocycles. The van der Waals surface area contributed by atoms with Crippen molar-refractivity contribution in [2.75, 3.05) is 19.6 Å². The monoisotopic (exact) mass is 314 g/mol. The molecule has 1 aliphatic rings. The smallest absolute Gasteiger partial charge is 0.255 e. The second-order valence-corrected chi connectivity index (χ2v) is 5.75. The molecule has 1 saturated heterocycles. The predicted molar refractivity (Wildman–Crippen MR) is 78.0 cm³/mol. The second-order valence-electron chi connectivity index (χ2n) is 5.75. The zero-order chi connectivity index (χ0) is 15.9. The maximum atomic E-state index is 12.9. The zero-order valence-electron chi connectivity index (χ0n) is 12.4. The summed E-state index contributed by atoms with van der Waals surface area (Å²) in [4.78, 5) is 13.8. The first kappa shape index (κ1) is 16.8. The maximum Gasteiger partial charge on any atom is 0.255 e. The molecular weight excluding hydrogens is 293 g/mol. The molecule has 3 nitrogen and oxygen atoms in total. The maximum absolute atomic E-state index is 12.9. The van der Waals surface area contributed by atoms with Gasteiger partial charge in [-0.05, 0) is 49.5 Å². The molecule has 0 atom stereocenters. The third kappa shape index (κ3) is 5.67. The number of amides is 1. The average Bonchev–Trinajstić information content (AvgIpc) is 2.49. The van der Waals surface area contributed by atoms with Gasteiger partial charge >= 0.3 is 0 Å². The molecule has 0 unspecified atom stereocenters. The third-order valence-electron chi connectivity index (χ3n) is 3.95. The van der Waals surface area contributed by atoms with Gasteiger partial charge in [0.1, 0.15) is 5.82 Å². The lowest BCUT2D eigenvalue weighted by Crippen LogP contribution is -2.36. The van der Waals surface area contributed by atoms with E-state index in [-0.39, 0.29) is 17.6 Å². The minimum Gasteiger partial charge on any atom is -0.350 e. The number of nitrogens with one attached hydrogen (secondary N) is 1. The van der Waals surface area contributed by atoms with E-state index in [4.69, 9.17) is 0 Å². The molecule has 0 aliphatic carbocycles. The van der Waals surface area contributed by atoms with E-state index in [9.17, 15) is 18.0 Å². The summed E-state index contributed by atoms with van der Waals surface area (Å²) in [5, 5.41) is 2.25. The molecule has 1 N–H and O–H groups in total. The minimum atomic E-state index is -2.50. The number of rotatable bonds is 6. The standard InChI is InChI=1S/C16H21F3N2O/c17-14-3-1-13(2-4-14)11-21-7-5-12(6-8-21)9-16(22)20-10-15(18)19/h1-4,12,15H,5-11H2,(H,20,22). The first-order valence-electron chi connectivity index (χ1n) is 7.54. The summed E-state index contributed by atoms with van der Waals surface area (Å²) in [7, 11) is 0. The Labute approximate surface area is 128 Å². The van der Waals surface area contributed by atoms with Crippen LogP contribution in [0.25, 0.3) is 0 Å². The predicted octanol–water partition coefficient (Wildman–Crippen LogP) is 2.81. The van der Waals surface area contributed by atoms with Crippen LogP contribution in [-0.2, 0) is 11.3 Å². The lowest BCUT2D eigenvalue weighted by Gasteiger charge is -2.31. The molecule has 1 aromatic rings. The highest BCUT2D eigenvalue weighted by molar-refractivity contribution is 5.76. The van der Waals surface area contributed by atoms with Gasteiger partial charge in [0.25, 0.3) is 6.43 Å². The van der Waals surface area contributed by atoms with Gasteiger partial charge < -0.3 is 5.32 Å². The topological polar surface area (TPSA) is 32.3 Å². The number of hydrogen-bond acceptors (Lipinski definition) is 2. The summed E-state index contributed by atoms with van der Waals surface area (Å²) < 4.78 is 36.9. The highest BCUT2D eigenvalue weighted by atomic mass is 19.3. The lowest BCUT2D eigenvalue weighted by atomic mass is 9.93. The van der Waals surface area contributed by atoms with Gasteiger partial charge in [-0.1, -0.05) is 12.1 Å². The van der Waals surface area contributed by atoms with Crippen molar-refractivity contribution in [1.82, 2.24) is 10.2 Å². The Balaban J connectivity index is 1.69. The molecule has 0 spiro atoms. The summed E-state index contributed by atoms with van der Waals surface area (Å²) in [6.45, 7) is 1.93. The van der Waals surface area contributed by atoms with Gasteiger partial charge in [-0.3, -0.25) is 9.69 Å². The van der Waals surface area contributed by atoms with Gasteiger partial charge in [-0.15, -0.1) is 0 Å². The van der Waals surface area contributed by atoms with Crippen molar-refractivity contribution in [2.45, 2.75) is 32.2 Å². The van der Waals surface area contributed by atoms with Crippen molar-refractivity contribution >= 4 is 5.91 Å². The number of alkyl halides is 2. The number of benzene rings is 1. The molecule has 1 amide bonds. The number of halogens is 3. The van der Waals surface area contributed by atoms with E-state index in [0.29, 0.717) is 6.42 Å².